The molecule has 0 radical (unpaired) electrons. The maximum Gasteiger partial charge on any atom is 0.346 e. The maximum atomic E-state index is 11.5. The van der Waals surface area contributed by atoms with Gasteiger partial charge in [-0.3, -0.25) is 5.32 Å². The molecule has 1 aromatic rings. The molecular formula is C11H14N2O3S. The van der Waals surface area contributed by atoms with Crippen LogP contribution in [0.25, 0.3) is 0 Å². The Morgan fingerprint density at radius 1 is 1.47 bits per heavy atom. The van der Waals surface area contributed by atoms with Gasteiger partial charge in [-0.25, -0.2) is 9.59 Å². The smallest absolute Gasteiger partial charge is 0.346 e. The molecule has 1 aliphatic carbocycles. The van der Waals surface area contributed by atoms with Crippen LogP contribution in [0.2, 0.25) is 0 Å². The van der Waals surface area contributed by atoms with Crippen molar-refractivity contribution < 1.29 is 14.7 Å². The summed E-state index contributed by atoms with van der Waals surface area (Å²) in [5, 5.41) is 14.9. The highest BCUT2D eigenvalue weighted by Crippen LogP contribution is 2.26. The summed E-state index contributed by atoms with van der Waals surface area (Å²) in [7, 11) is 0. The first-order chi connectivity index (χ1) is 8.06. The van der Waals surface area contributed by atoms with Gasteiger partial charge in [-0.05, 0) is 37.8 Å². The van der Waals surface area contributed by atoms with Crippen molar-refractivity contribution in [3.05, 3.63) is 16.5 Å². The van der Waals surface area contributed by atoms with Gasteiger partial charge >= 0.3 is 12.0 Å². The summed E-state index contributed by atoms with van der Waals surface area (Å²) in [5.41, 5.74) is 0.668. The van der Waals surface area contributed by atoms with Crippen LogP contribution >= 0.6 is 11.3 Å². The Bertz CT molecular complexity index is 452. The van der Waals surface area contributed by atoms with E-state index in [-0.39, 0.29) is 17.0 Å². The van der Waals surface area contributed by atoms with E-state index in [2.05, 4.69) is 10.6 Å². The number of hydrogen-bond acceptors (Lipinski definition) is 3. The SMILES string of the molecule is Cc1cc(NC(=O)NC2CCC2)sc1C(=O)O. The number of anilines is 1. The van der Waals surface area contributed by atoms with Gasteiger partial charge in [-0.15, -0.1) is 11.3 Å². The minimum Gasteiger partial charge on any atom is -0.477 e. The van der Waals surface area contributed by atoms with Crippen molar-refractivity contribution >= 4 is 28.3 Å². The third kappa shape index (κ3) is 2.76. The van der Waals surface area contributed by atoms with Crippen molar-refractivity contribution in [2.45, 2.75) is 32.2 Å². The molecule has 1 fully saturated rings. The molecule has 2 rings (SSSR count). The van der Waals surface area contributed by atoms with E-state index in [1.807, 2.05) is 0 Å². The lowest BCUT2D eigenvalue weighted by Gasteiger charge is -2.26. The minimum absolute atomic E-state index is 0.257. The lowest BCUT2D eigenvalue weighted by molar-refractivity contribution is 0.0701. The molecule has 0 saturated heterocycles. The predicted octanol–water partition coefficient (Wildman–Crippen LogP) is 2.43. The molecule has 17 heavy (non-hydrogen) atoms. The lowest BCUT2D eigenvalue weighted by Crippen LogP contribution is -2.41. The number of carboxylic acid groups (broad SMARTS) is 1. The van der Waals surface area contributed by atoms with E-state index < -0.39 is 5.97 Å². The second-order valence-corrected chi connectivity index (χ2v) is 5.21. The molecule has 1 aliphatic rings. The van der Waals surface area contributed by atoms with Crippen LogP contribution in [0.4, 0.5) is 9.80 Å². The molecule has 5 nitrogen and oxygen atoms in total. The third-order valence-corrected chi connectivity index (χ3v) is 3.93. The highest BCUT2D eigenvalue weighted by Gasteiger charge is 2.20. The topological polar surface area (TPSA) is 78.4 Å². The number of thiophene rings is 1. The summed E-state index contributed by atoms with van der Waals surface area (Å²) in [6.07, 6.45) is 3.21. The number of aryl methyl sites for hydroxylation is 1. The van der Waals surface area contributed by atoms with E-state index in [1.165, 1.54) is 0 Å². The fourth-order valence-corrected chi connectivity index (χ4v) is 2.55. The summed E-state index contributed by atoms with van der Waals surface area (Å²) in [4.78, 5) is 22.6. The van der Waals surface area contributed by atoms with Crippen LogP contribution in [0.5, 0.6) is 0 Å². The fourth-order valence-electron chi connectivity index (χ4n) is 1.64. The van der Waals surface area contributed by atoms with E-state index in [1.54, 1.807) is 13.0 Å². The van der Waals surface area contributed by atoms with Gasteiger partial charge in [0.1, 0.15) is 4.88 Å². The van der Waals surface area contributed by atoms with Gasteiger partial charge in [0, 0.05) is 6.04 Å². The van der Waals surface area contributed by atoms with Crippen LogP contribution in [0.15, 0.2) is 6.07 Å². The largest absolute Gasteiger partial charge is 0.477 e. The van der Waals surface area contributed by atoms with Gasteiger partial charge in [0.15, 0.2) is 0 Å². The van der Waals surface area contributed by atoms with Gasteiger partial charge in [-0.1, -0.05) is 0 Å². The predicted molar refractivity (Wildman–Crippen MR) is 65.8 cm³/mol. The molecule has 1 aromatic heterocycles. The van der Waals surface area contributed by atoms with Crippen LogP contribution < -0.4 is 10.6 Å². The average Bonchev–Trinajstić information content (AvgIpc) is 2.53. The molecule has 1 saturated carbocycles. The van der Waals surface area contributed by atoms with Crippen molar-refractivity contribution in [1.29, 1.82) is 0 Å². The molecule has 3 N–H and O–H groups in total. The molecule has 0 unspecified atom stereocenters. The van der Waals surface area contributed by atoms with Gasteiger partial charge in [-0.2, -0.15) is 0 Å². The molecule has 0 atom stereocenters. The zero-order chi connectivity index (χ0) is 12.4. The fraction of sp³-hybridized carbons (Fsp3) is 0.455. The molecule has 0 aromatic carbocycles. The van der Waals surface area contributed by atoms with Crippen molar-refractivity contribution in [2.75, 3.05) is 5.32 Å². The molecular weight excluding hydrogens is 240 g/mol. The quantitative estimate of drug-likeness (QED) is 0.775. The van der Waals surface area contributed by atoms with Crippen LogP contribution in [0.1, 0.15) is 34.5 Å². The van der Waals surface area contributed by atoms with Gasteiger partial charge in [0.05, 0.1) is 5.00 Å². The number of carboxylic acids is 1. The van der Waals surface area contributed by atoms with Gasteiger partial charge in [0.2, 0.25) is 0 Å². The molecule has 1 heterocycles. The molecule has 0 bridgehead atoms. The third-order valence-electron chi connectivity index (χ3n) is 2.79. The number of aromatic carboxylic acids is 1. The summed E-state index contributed by atoms with van der Waals surface area (Å²) >= 11 is 1.08. The normalized spacial score (nSPS) is 15.1. The first kappa shape index (κ1) is 11.9. The Hall–Kier alpha value is -1.56. The highest BCUT2D eigenvalue weighted by atomic mass is 32.1. The van der Waals surface area contributed by atoms with Crippen molar-refractivity contribution in [3.8, 4) is 0 Å². The number of nitrogens with one attached hydrogen (secondary N) is 2. The number of amides is 2. The molecule has 6 heteroatoms. The number of hydrogen-bond donors (Lipinski definition) is 3. The summed E-state index contributed by atoms with van der Waals surface area (Å²) < 4.78 is 0. The Kier molecular flexibility index (Phi) is 3.33. The number of rotatable bonds is 3. The summed E-state index contributed by atoms with van der Waals surface area (Å²) in [6, 6.07) is 1.69. The standard InChI is InChI=1S/C11H14N2O3S/c1-6-5-8(17-9(6)10(14)15)13-11(16)12-7-3-2-4-7/h5,7H,2-4H2,1H3,(H,14,15)(H2,12,13,16). The van der Waals surface area contributed by atoms with Gasteiger partial charge < -0.3 is 10.4 Å². The molecule has 92 valence electrons. The zero-order valence-electron chi connectivity index (χ0n) is 9.45. The molecule has 2 amide bonds. The van der Waals surface area contributed by atoms with Crippen LogP contribution in [0, 0.1) is 6.92 Å². The van der Waals surface area contributed by atoms with E-state index in [9.17, 15) is 9.59 Å². The van der Waals surface area contributed by atoms with Crippen LogP contribution in [0.3, 0.4) is 0 Å². The summed E-state index contributed by atoms with van der Waals surface area (Å²) in [5.74, 6) is -0.958. The lowest BCUT2D eigenvalue weighted by atomic mass is 9.93. The van der Waals surface area contributed by atoms with E-state index in [0.29, 0.717) is 10.6 Å². The van der Waals surface area contributed by atoms with Crippen molar-refractivity contribution in [3.63, 3.8) is 0 Å². The Balaban J connectivity index is 1.95. The number of carbonyl (C=O) groups excluding carboxylic acids is 1. The van der Waals surface area contributed by atoms with Crippen LogP contribution in [-0.2, 0) is 0 Å². The second kappa shape index (κ2) is 4.75. The molecule has 0 aliphatic heterocycles. The minimum atomic E-state index is -0.958. The Labute approximate surface area is 103 Å². The maximum absolute atomic E-state index is 11.5. The number of urea groups is 1. The average molecular weight is 254 g/mol. The van der Waals surface area contributed by atoms with Crippen molar-refractivity contribution in [2.24, 2.45) is 0 Å². The Morgan fingerprint density at radius 3 is 2.65 bits per heavy atom. The van der Waals surface area contributed by atoms with E-state index >= 15 is 0 Å². The molecule has 0 spiro atoms. The first-order valence-electron chi connectivity index (χ1n) is 5.47. The Morgan fingerprint density at radius 2 is 2.18 bits per heavy atom. The van der Waals surface area contributed by atoms with E-state index in [4.69, 9.17) is 5.11 Å². The summed E-state index contributed by atoms with van der Waals surface area (Å²) in [6.45, 7) is 1.72. The monoisotopic (exact) mass is 254 g/mol. The van der Waals surface area contributed by atoms with E-state index in [0.717, 1.165) is 30.6 Å². The first-order valence-corrected chi connectivity index (χ1v) is 6.29. The highest BCUT2D eigenvalue weighted by molar-refractivity contribution is 7.18. The van der Waals surface area contributed by atoms with Crippen molar-refractivity contribution in [1.82, 2.24) is 5.32 Å². The number of carbonyl (C=O) groups is 2. The van der Waals surface area contributed by atoms with Gasteiger partial charge in [0.25, 0.3) is 0 Å². The zero-order valence-corrected chi connectivity index (χ0v) is 10.3. The second-order valence-electron chi connectivity index (χ2n) is 4.15. The van der Waals surface area contributed by atoms with Crippen LogP contribution in [-0.4, -0.2) is 23.1 Å².